The van der Waals surface area contributed by atoms with Crippen LogP contribution in [0, 0.1) is 0 Å². The molecule has 13 heavy (non-hydrogen) atoms. The molecule has 0 atom stereocenters. The predicted molar refractivity (Wildman–Crippen MR) is 48.2 cm³/mol. The summed E-state index contributed by atoms with van der Waals surface area (Å²) in [5, 5.41) is 7.63. The zero-order valence-electron chi connectivity index (χ0n) is 7.22. The van der Waals surface area contributed by atoms with Gasteiger partial charge in [-0.3, -0.25) is 4.40 Å². The molecule has 0 aromatic carbocycles. The Morgan fingerprint density at radius 1 is 1.46 bits per heavy atom. The van der Waals surface area contributed by atoms with Crippen LogP contribution in [0.25, 0.3) is 5.78 Å². The summed E-state index contributed by atoms with van der Waals surface area (Å²) in [6.45, 7) is 0.694. The number of hydrogen-bond donors (Lipinski definition) is 1. The number of imidazole rings is 1. The number of nitrogens with zero attached hydrogens (tertiary/aromatic N) is 4. The Labute approximate surface area is 75.6 Å². The van der Waals surface area contributed by atoms with E-state index in [9.17, 15) is 0 Å². The van der Waals surface area contributed by atoms with Crippen LogP contribution in [0.15, 0.2) is 18.6 Å². The minimum absolute atomic E-state index is 0.648. The zero-order chi connectivity index (χ0) is 9.10. The van der Waals surface area contributed by atoms with E-state index in [0.717, 1.165) is 18.5 Å². The van der Waals surface area contributed by atoms with Crippen molar-refractivity contribution in [3.8, 4) is 0 Å². The van der Waals surface area contributed by atoms with Gasteiger partial charge in [-0.2, -0.15) is 5.10 Å². The maximum Gasteiger partial charge on any atom is 0.253 e. The Bertz CT molecular complexity index is 361. The van der Waals surface area contributed by atoms with Crippen molar-refractivity contribution in [3.63, 3.8) is 0 Å². The molecule has 0 fully saturated rings. The van der Waals surface area contributed by atoms with Crippen molar-refractivity contribution in [2.24, 2.45) is 5.73 Å². The van der Waals surface area contributed by atoms with E-state index < -0.39 is 0 Å². The molecule has 5 heteroatoms. The summed E-state index contributed by atoms with van der Waals surface area (Å²) in [4.78, 5) is 4.28. The van der Waals surface area contributed by atoms with Crippen LogP contribution in [0.5, 0.6) is 0 Å². The van der Waals surface area contributed by atoms with Gasteiger partial charge in [0.1, 0.15) is 0 Å². The highest BCUT2D eigenvalue weighted by molar-refractivity contribution is 5.27. The topological polar surface area (TPSA) is 69.1 Å². The summed E-state index contributed by atoms with van der Waals surface area (Å²) in [5.41, 5.74) is 6.43. The average molecular weight is 177 g/mol. The highest BCUT2D eigenvalue weighted by atomic mass is 15.2. The monoisotopic (exact) mass is 177 g/mol. The number of nitrogens with two attached hydrogens (primary N) is 1. The second-order valence-corrected chi connectivity index (χ2v) is 2.85. The SMILES string of the molecule is NCCCc1cn2ccnnc2n1. The summed E-state index contributed by atoms with van der Waals surface area (Å²) in [6, 6.07) is 0. The molecule has 2 N–H and O–H groups in total. The highest BCUT2D eigenvalue weighted by Gasteiger charge is 2.00. The number of rotatable bonds is 3. The molecule has 0 radical (unpaired) electrons. The van der Waals surface area contributed by atoms with Crippen LogP contribution in [-0.2, 0) is 6.42 Å². The summed E-state index contributed by atoms with van der Waals surface area (Å²) < 4.78 is 1.86. The molecule has 0 aliphatic rings. The van der Waals surface area contributed by atoms with Crippen molar-refractivity contribution in [2.75, 3.05) is 6.54 Å². The van der Waals surface area contributed by atoms with Crippen molar-refractivity contribution < 1.29 is 0 Å². The molecule has 2 heterocycles. The molecular weight excluding hydrogens is 166 g/mol. The minimum atomic E-state index is 0.648. The van der Waals surface area contributed by atoms with Crippen molar-refractivity contribution in [1.82, 2.24) is 19.6 Å². The Morgan fingerprint density at radius 2 is 2.38 bits per heavy atom. The van der Waals surface area contributed by atoms with Gasteiger partial charge in [-0.1, -0.05) is 0 Å². The van der Waals surface area contributed by atoms with E-state index in [1.54, 1.807) is 6.20 Å². The van der Waals surface area contributed by atoms with Crippen LogP contribution < -0.4 is 5.73 Å². The summed E-state index contributed by atoms with van der Waals surface area (Å²) in [6.07, 6.45) is 7.29. The maximum absolute atomic E-state index is 5.41. The molecular formula is C8H11N5. The van der Waals surface area contributed by atoms with Crippen LogP contribution >= 0.6 is 0 Å². The third-order valence-corrected chi connectivity index (χ3v) is 1.84. The number of fused-ring (bicyclic) bond motifs is 1. The first-order valence-electron chi connectivity index (χ1n) is 4.25. The van der Waals surface area contributed by atoms with E-state index in [1.165, 1.54) is 0 Å². The molecule has 0 unspecified atom stereocenters. The van der Waals surface area contributed by atoms with Gasteiger partial charge in [0.2, 0.25) is 0 Å². The third-order valence-electron chi connectivity index (χ3n) is 1.84. The van der Waals surface area contributed by atoms with Gasteiger partial charge in [-0.15, -0.1) is 5.10 Å². The fraction of sp³-hybridized carbons (Fsp3) is 0.375. The van der Waals surface area contributed by atoms with Gasteiger partial charge in [0.05, 0.1) is 11.9 Å². The predicted octanol–water partition coefficient (Wildman–Crippen LogP) is 0.0156. The van der Waals surface area contributed by atoms with Gasteiger partial charge in [-0.25, -0.2) is 4.98 Å². The first-order chi connectivity index (χ1) is 6.40. The minimum Gasteiger partial charge on any atom is -0.330 e. The molecule has 0 aliphatic heterocycles. The molecule has 0 spiro atoms. The van der Waals surface area contributed by atoms with Crippen molar-refractivity contribution >= 4 is 5.78 Å². The summed E-state index contributed by atoms with van der Waals surface area (Å²) in [7, 11) is 0. The molecule has 0 aliphatic carbocycles. The lowest BCUT2D eigenvalue weighted by atomic mass is 10.2. The molecule has 2 aromatic rings. The smallest absolute Gasteiger partial charge is 0.253 e. The standard InChI is InChI=1S/C8H11N5/c9-3-1-2-7-6-13-5-4-10-12-8(13)11-7/h4-6H,1-3,9H2. The second kappa shape index (κ2) is 3.49. The van der Waals surface area contributed by atoms with E-state index in [2.05, 4.69) is 15.2 Å². The van der Waals surface area contributed by atoms with E-state index in [0.29, 0.717) is 12.3 Å². The van der Waals surface area contributed by atoms with Crippen LogP contribution in [-0.4, -0.2) is 26.1 Å². The fourth-order valence-electron chi connectivity index (χ4n) is 1.21. The molecule has 2 aromatic heterocycles. The first kappa shape index (κ1) is 8.12. The van der Waals surface area contributed by atoms with E-state index in [-0.39, 0.29) is 0 Å². The van der Waals surface area contributed by atoms with Gasteiger partial charge < -0.3 is 5.73 Å². The maximum atomic E-state index is 5.41. The zero-order valence-corrected chi connectivity index (χ0v) is 7.22. The van der Waals surface area contributed by atoms with Crippen LogP contribution in [0.3, 0.4) is 0 Å². The van der Waals surface area contributed by atoms with Gasteiger partial charge >= 0.3 is 0 Å². The molecule has 0 saturated carbocycles. The molecule has 5 nitrogen and oxygen atoms in total. The highest BCUT2D eigenvalue weighted by Crippen LogP contribution is 2.02. The Morgan fingerprint density at radius 3 is 3.15 bits per heavy atom. The van der Waals surface area contributed by atoms with Crippen LogP contribution in [0.2, 0.25) is 0 Å². The Hall–Kier alpha value is -1.49. The number of hydrogen-bond acceptors (Lipinski definition) is 4. The fourth-order valence-corrected chi connectivity index (χ4v) is 1.21. The number of aromatic nitrogens is 4. The van der Waals surface area contributed by atoms with Gasteiger partial charge in [0.25, 0.3) is 5.78 Å². The van der Waals surface area contributed by atoms with Crippen LogP contribution in [0.1, 0.15) is 12.1 Å². The van der Waals surface area contributed by atoms with E-state index in [1.807, 2.05) is 16.8 Å². The third kappa shape index (κ3) is 1.65. The largest absolute Gasteiger partial charge is 0.330 e. The van der Waals surface area contributed by atoms with E-state index in [4.69, 9.17) is 5.73 Å². The van der Waals surface area contributed by atoms with Crippen molar-refractivity contribution in [2.45, 2.75) is 12.8 Å². The molecule has 0 amide bonds. The lowest BCUT2D eigenvalue weighted by Crippen LogP contribution is -2.00. The quantitative estimate of drug-likeness (QED) is 0.717. The lowest BCUT2D eigenvalue weighted by Gasteiger charge is -1.89. The Kier molecular flexibility index (Phi) is 2.18. The normalized spacial score (nSPS) is 10.8. The average Bonchev–Trinajstić information content (AvgIpc) is 2.57. The van der Waals surface area contributed by atoms with Crippen molar-refractivity contribution in [1.29, 1.82) is 0 Å². The first-order valence-corrected chi connectivity index (χ1v) is 4.25. The number of aryl methyl sites for hydroxylation is 1. The van der Waals surface area contributed by atoms with Gasteiger partial charge in [0.15, 0.2) is 0 Å². The molecule has 68 valence electrons. The molecule has 0 saturated heterocycles. The summed E-state index contributed by atoms with van der Waals surface area (Å²) in [5.74, 6) is 0.648. The van der Waals surface area contributed by atoms with Crippen LogP contribution in [0.4, 0.5) is 0 Å². The summed E-state index contributed by atoms with van der Waals surface area (Å²) >= 11 is 0. The molecule has 2 rings (SSSR count). The van der Waals surface area contributed by atoms with E-state index >= 15 is 0 Å². The van der Waals surface area contributed by atoms with Gasteiger partial charge in [0, 0.05) is 12.4 Å². The van der Waals surface area contributed by atoms with Gasteiger partial charge in [-0.05, 0) is 19.4 Å². The lowest BCUT2D eigenvalue weighted by molar-refractivity contribution is 0.816. The second-order valence-electron chi connectivity index (χ2n) is 2.85. The van der Waals surface area contributed by atoms with Crippen molar-refractivity contribution in [3.05, 3.63) is 24.3 Å². The molecule has 0 bridgehead atoms. The Balaban J connectivity index is 2.28.